The van der Waals surface area contributed by atoms with E-state index in [2.05, 4.69) is 22.8 Å². The Labute approximate surface area is 176 Å². The summed E-state index contributed by atoms with van der Waals surface area (Å²) < 4.78 is 6.13. The summed E-state index contributed by atoms with van der Waals surface area (Å²) in [6.07, 6.45) is 10.1. The van der Waals surface area contributed by atoms with E-state index < -0.39 is 6.10 Å². The quantitative estimate of drug-likeness (QED) is 0.354. The van der Waals surface area contributed by atoms with E-state index in [9.17, 15) is 10.2 Å². The summed E-state index contributed by atoms with van der Waals surface area (Å²) in [4.78, 5) is 2.51. The summed E-state index contributed by atoms with van der Waals surface area (Å²) in [7, 11) is 0. The first-order valence-electron chi connectivity index (χ1n) is 11.8. The van der Waals surface area contributed by atoms with Gasteiger partial charge in [-0.25, -0.2) is 0 Å². The molecule has 0 radical (unpaired) electrons. The van der Waals surface area contributed by atoms with Crippen molar-refractivity contribution in [3.63, 3.8) is 0 Å². The number of likely N-dealkylation sites (tertiary alicyclic amines) is 1. The van der Waals surface area contributed by atoms with Crippen LogP contribution in [0.15, 0.2) is 12.2 Å². The second-order valence-corrected chi connectivity index (χ2v) is 10.1. The molecule has 4 saturated carbocycles. The van der Waals surface area contributed by atoms with Gasteiger partial charge in [0.25, 0.3) is 0 Å². The van der Waals surface area contributed by atoms with Gasteiger partial charge < -0.3 is 19.8 Å². The van der Waals surface area contributed by atoms with Gasteiger partial charge in [0.05, 0.1) is 25.4 Å². The smallest absolute Gasteiger partial charge is 0.0755 e. The Morgan fingerprint density at radius 1 is 1.28 bits per heavy atom. The van der Waals surface area contributed by atoms with Gasteiger partial charge in [-0.2, -0.15) is 0 Å². The first-order chi connectivity index (χ1) is 14.0. The van der Waals surface area contributed by atoms with Crippen LogP contribution in [0.3, 0.4) is 0 Å². The number of aliphatic hydroxyl groups excluding tert-OH is 2. The highest BCUT2D eigenvalue weighted by Crippen LogP contribution is 2.73. The fourth-order valence-electron chi connectivity index (χ4n) is 6.84. The molecule has 0 aromatic heterocycles. The molecule has 1 heterocycles. The van der Waals surface area contributed by atoms with Crippen LogP contribution < -0.4 is 0 Å². The molecule has 0 amide bonds. The first kappa shape index (κ1) is 21.4. The van der Waals surface area contributed by atoms with Crippen LogP contribution in [0.4, 0.5) is 0 Å². The fourth-order valence-corrected chi connectivity index (χ4v) is 6.84. The Morgan fingerprint density at radius 2 is 2.07 bits per heavy atom. The highest BCUT2D eigenvalue weighted by atomic mass is 16.5. The van der Waals surface area contributed by atoms with E-state index in [1.807, 2.05) is 19.9 Å². The Balaban J connectivity index is 1.29. The predicted molar refractivity (Wildman–Crippen MR) is 115 cm³/mol. The van der Waals surface area contributed by atoms with Crippen LogP contribution >= 0.6 is 0 Å². The maximum atomic E-state index is 10.8. The molecule has 162 valence electrons. The van der Waals surface area contributed by atoms with Crippen molar-refractivity contribution in [2.24, 2.45) is 35.0 Å². The molecule has 8 atom stereocenters. The minimum atomic E-state index is -0.485. The third-order valence-corrected chi connectivity index (χ3v) is 8.51. The molecule has 5 aliphatic rings. The topological polar surface area (TPSA) is 52.9 Å². The third kappa shape index (κ3) is 4.17. The molecule has 4 aliphatic carbocycles. The monoisotopic (exact) mass is 401 g/mol. The van der Waals surface area contributed by atoms with Gasteiger partial charge in [0.2, 0.25) is 0 Å². The average molecular weight is 402 g/mol. The zero-order valence-electron chi connectivity index (χ0n) is 18.2. The van der Waals surface area contributed by atoms with Crippen LogP contribution in [-0.4, -0.2) is 60.2 Å². The maximum Gasteiger partial charge on any atom is 0.0755 e. The molecular formula is C25H39NO3. The fraction of sp³-hybridized carbons (Fsp3) is 0.840. The van der Waals surface area contributed by atoms with E-state index in [0.29, 0.717) is 18.3 Å². The zero-order chi connectivity index (χ0) is 20.4. The molecular weight excluding hydrogens is 362 g/mol. The second-order valence-electron chi connectivity index (χ2n) is 10.1. The summed E-state index contributed by atoms with van der Waals surface area (Å²) in [5, 5.41) is 21.2. The van der Waals surface area contributed by atoms with Gasteiger partial charge in [0, 0.05) is 18.9 Å². The molecule has 4 nitrogen and oxygen atoms in total. The van der Waals surface area contributed by atoms with E-state index in [-0.39, 0.29) is 23.4 Å². The Kier molecular flexibility index (Phi) is 6.71. The standard InChI is InChI=1S/C25H39NO3/c1-3-4-7-18(2)23(27)9-8-20-21-14-19-15-25(21,16-24(20)28)22(19)17-29-13-12-26-10-5-6-11-26/h8-9,18-24,27-28H,5-7,10-17H2,1-2H3/t18-,19?,20-,21+,22?,23-,24-,25+/m1/s1. The Hall–Kier alpha value is -0.860. The molecule has 0 aromatic rings. The number of hydrogen-bond acceptors (Lipinski definition) is 4. The lowest BCUT2D eigenvalue weighted by molar-refractivity contribution is -0.0569. The van der Waals surface area contributed by atoms with Crippen molar-refractivity contribution in [3.05, 3.63) is 12.2 Å². The molecule has 2 unspecified atom stereocenters. The third-order valence-electron chi connectivity index (χ3n) is 8.51. The van der Waals surface area contributed by atoms with Gasteiger partial charge in [-0.15, -0.1) is 11.8 Å². The molecule has 29 heavy (non-hydrogen) atoms. The van der Waals surface area contributed by atoms with Crippen LogP contribution in [0.25, 0.3) is 0 Å². The average Bonchev–Trinajstić information content (AvgIpc) is 3.44. The summed E-state index contributed by atoms with van der Waals surface area (Å²) in [5.41, 5.74) is 0.289. The van der Waals surface area contributed by atoms with Crippen LogP contribution in [0.1, 0.15) is 52.4 Å². The predicted octanol–water partition coefficient (Wildman–Crippen LogP) is 3.09. The van der Waals surface area contributed by atoms with Crippen LogP contribution in [0, 0.1) is 46.8 Å². The van der Waals surface area contributed by atoms with E-state index in [4.69, 9.17) is 4.74 Å². The molecule has 1 aliphatic heterocycles. The second kappa shape index (κ2) is 9.10. The Bertz CT molecular complexity index is 646. The van der Waals surface area contributed by atoms with E-state index >= 15 is 0 Å². The summed E-state index contributed by atoms with van der Waals surface area (Å²) in [5.74, 6) is 8.23. The van der Waals surface area contributed by atoms with Gasteiger partial charge in [0.1, 0.15) is 0 Å². The van der Waals surface area contributed by atoms with Crippen molar-refractivity contribution < 1.29 is 14.9 Å². The summed E-state index contributed by atoms with van der Waals surface area (Å²) in [6, 6.07) is 0. The number of aliphatic hydroxyl groups is 2. The van der Waals surface area contributed by atoms with Crippen molar-refractivity contribution in [2.75, 3.05) is 32.8 Å². The molecule has 0 aromatic carbocycles. The minimum absolute atomic E-state index is 0.125. The van der Waals surface area contributed by atoms with Gasteiger partial charge in [0.15, 0.2) is 0 Å². The molecule has 1 saturated heterocycles. The minimum Gasteiger partial charge on any atom is -0.392 e. The maximum absolute atomic E-state index is 10.8. The van der Waals surface area contributed by atoms with E-state index in [1.54, 1.807) is 0 Å². The van der Waals surface area contributed by atoms with Crippen LogP contribution in [0.5, 0.6) is 0 Å². The van der Waals surface area contributed by atoms with Gasteiger partial charge in [-0.1, -0.05) is 19.1 Å². The first-order valence-corrected chi connectivity index (χ1v) is 11.8. The molecule has 4 heteroatoms. The number of nitrogens with zero attached hydrogens (tertiary/aromatic N) is 1. The SMILES string of the molecule is CC#CC[C@@H](C)[C@H](O)C=C[C@H]1[C@H](O)C[C@@]23CC(C[C@@H]12)C3COCCN1CCCC1. The number of ether oxygens (including phenoxy) is 1. The Morgan fingerprint density at radius 3 is 2.83 bits per heavy atom. The van der Waals surface area contributed by atoms with Crippen LogP contribution in [0.2, 0.25) is 0 Å². The van der Waals surface area contributed by atoms with Crippen molar-refractivity contribution in [2.45, 2.75) is 64.6 Å². The highest BCUT2D eigenvalue weighted by molar-refractivity contribution is 5.21. The van der Waals surface area contributed by atoms with Crippen molar-refractivity contribution in [1.82, 2.24) is 4.90 Å². The molecule has 5 fully saturated rings. The van der Waals surface area contributed by atoms with Crippen LogP contribution in [-0.2, 0) is 4.74 Å². The lowest BCUT2D eigenvalue weighted by Crippen LogP contribution is -2.44. The van der Waals surface area contributed by atoms with Crippen molar-refractivity contribution in [3.8, 4) is 11.8 Å². The summed E-state index contributed by atoms with van der Waals surface area (Å²) in [6.45, 7) is 9.12. The number of hydrogen-bond donors (Lipinski definition) is 2. The lowest BCUT2D eigenvalue weighted by Gasteiger charge is -2.47. The summed E-state index contributed by atoms with van der Waals surface area (Å²) >= 11 is 0. The molecule has 2 bridgehead atoms. The van der Waals surface area contributed by atoms with Gasteiger partial charge in [-0.05, 0) is 81.2 Å². The van der Waals surface area contributed by atoms with Gasteiger partial charge >= 0.3 is 0 Å². The molecule has 1 spiro atoms. The normalized spacial score (nSPS) is 40.5. The van der Waals surface area contributed by atoms with Gasteiger partial charge in [-0.3, -0.25) is 0 Å². The largest absolute Gasteiger partial charge is 0.392 e. The van der Waals surface area contributed by atoms with Crippen molar-refractivity contribution in [1.29, 1.82) is 0 Å². The molecule has 2 N–H and O–H groups in total. The van der Waals surface area contributed by atoms with Crippen molar-refractivity contribution >= 4 is 0 Å². The lowest BCUT2D eigenvalue weighted by atomic mass is 9.58. The van der Waals surface area contributed by atoms with E-state index in [1.165, 1.54) is 38.8 Å². The number of rotatable bonds is 9. The molecule has 5 rings (SSSR count). The van der Waals surface area contributed by atoms with E-state index in [0.717, 1.165) is 32.1 Å². The highest BCUT2D eigenvalue weighted by Gasteiger charge is 2.69. The zero-order valence-corrected chi connectivity index (χ0v) is 18.2.